The minimum atomic E-state index is -0.462. The molecule has 20 N–H and O–H groups in total. The van der Waals surface area contributed by atoms with Crippen molar-refractivity contribution in [2.45, 2.75) is 33.6 Å². The van der Waals surface area contributed by atoms with Gasteiger partial charge >= 0.3 is 0 Å². The molecule has 39 nitrogen and oxygen atoms in total. The van der Waals surface area contributed by atoms with Crippen molar-refractivity contribution in [1.82, 2.24) is 85.0 Å². The van der Waals surface area contributed by atoms with Crippen molar-refractivity contribution in [3.63, 3.8) is 0 Å². The Kier molecular flexibility index (Phi) is 25.8. The Hall–Kier alpha value is -13.7. The van der Waals surface area contributed by atoms with Crippen LogP contribution in [0.5, 0.6) is 0 Å². The fourth-order valence-electron chi connectivity index (χ4n) is 9.90. The predicted molar refractivity (Wildman–Crippen MR) is 420 cm³/mol. The Bertz CT molecular complexity index is 5420. The molecule has 4 amide bonds. The largest absolute Gasteiger partial charge is 0.366 e. The third-order valence-corrected chi connectivity index (χ3v) is 17.5. The third kappa shape index (κ3) is 22.4. The first kappa shape index (κ1) is 76.4. The number of H-pyrrole nitrogens is 10. The minimum absolute atomic E-state index is 0.125. The Morgan fingerprint density at radius 2 is 0.670 bits per heavy atom. The first-order valence-electron chi connectivity index (χ1n) is 33.0. The number of anilines is 10. The number of aromatic amines is 10. The van der Waals surface area contributed by atoms with E-state index in [-0.39, 0.29) is 40.6 Å². The number of aromatic nitrogens is 17. The highest BCUT2D eigenvalue weighted by molar-refractivity contribution is 7.16. The summed E-state index contributed by atoms with van der Waals surface area (Å²) in [6, 6.07) is 25.6. The van der Waals surface area contributed by atoms with Gasteiger partial charge in [-0.1, -0.05) is 0 Å². The summed E-state index contributed by atoms with van der Waals surface area (Å²) in [7, 11) is 3.69. The highest BCUT2D eigenvalue weighted by Crippen LogP contribution is 2.22. The van der Waals surface area contributed by atoms with Crippen molar-refractivity contribution in [2.24, 2.45) is 14.1 Å². The Balaban J connectivity index is 0.000000135. The quantitative estimate of drug-likeness (QED) is 0.0143. The van der Waals surface area contributed by atoms with Crippen molar-refractivity contribution in [1.29, 1.82) is 0 Å². The molecule has 0 saturated heterocycles. The molecule has 10 aromatic heterocycles. The van der Waals surface area contributed by atoms with E-state index in [1.54, 1.807) is 138 Å². The molecular formula is C67H73N27O12S3. The van der Waals surface area contributed by atoms with Gasteiger partial charge in [-0.2, -0.15) is 0 Å². The van der Waals surface area contributed by atoms with E-state index in [1.807, 2.05) is 63.1 Å². The summed E-state index contributed by atoms with van der Waals surface area (Å²) in [5.41, 5.74) is 14.4. The maximum Gasteiger partial charge on any atom is 0.271 e. The zero-order valence-corrected chi connectivity index (χ0v) is 61.1. The second-order valence-electron chi connectivity index (χ2n) is 23.6. The van der Waals surface area contributed by atoms with E-state index in [2.05, 4.69) is 130 Å². The summed E-state index contributed by atoms with van der Waals surface area (Å²) >= 11 is 4.56. The average Bonchev–Trinajstić information content (AvgIpc) is 1.72. The smallest absolute Gasteiger partial charge is 0.271 e. The Morgan fingerprint density at radius 1 is 0.367 bits per heavy atom. The van der Waals surface area contributed by atoms with E-state index in [4.69, 9.17) is 14.5 Å². The molecule has 566 valence electrons. The summed E-state index contributed by atoms with van der Waals surface area (Å²) in [4.78, 5) is 144. The molecule has 109 heavy (non-hydrogen) atoms. The van der Waals surface area contributed by atoms with Crippen molar-refractivity contribution in [2.75, 3.05) is 93.1 Å². The van der Waals surface area contributed by atoms with Crippen molar-refractivity contribution in [3.05, 3.63) is 201 Å². The van der Waals surface area contributed by atoms with Crippen LogP contribution in [0, 0.1) is 20.8 Å². The molecule has 5 aromatic carbocycles. The van der Waals surface area contributed by atoms with Crippen molar-refractivity contribution >= 4 is 168 Å². The van der Waals surface area contributed by atoms with E-state index in [1.165, 1.54) is 21.1 Å². The number of hydrogen-bond donors (Lipinski definition) is 20. The number of imidazole rings is 2. The number of hydrogen-bond acceptors (Lipinski definition) is 26. The number of thiazole rings is 3. The van der Waals surface area contributed by atoms with Crippen LogP contribution in [0.2, 0.25) is 0 Å². The van der Waals surface area contributed by atoms with Gasteiger partial charge in [0.2, 0.25) is 23.6 Å². The number of fused-ring (bicyclic) bond motifs is 5. The van der Waals surface area contributed by atoms with Gasteiger partial charge in [0.15, 0.2) is 21.2 Å². The maximum atomic E-state index is 11.9. The van der Waals surface area contributed by atoms with Crippen LogP contribution in [-0.4, -0.2) is 148 Å². The van der Waals surface area contributed by atoms with Crippen LogP contribution in [0.1, 0.15) is 27.5 Å². The lowest BCUT2D eigenvalue weighted by molar-refractivity contribution is -0.125. The fourth-order valence-corrected chi connectivity index (χ4v) is 12.0. The molecule has 0 aliphatic rings. The second kappa shape index (κ2) is 36.8. The molecule has 15 rings (SSSR count). The number of rotatable bonds is 26. The van der Waals surface area contributed by atoms with Crippen LogP contribution in [0.25, 0.3) is 54.5 Å². The van der Waals surface area contributed by atoms with Gasteiger partial charge in [0.1, 0.15) is 18.7 Å². The summed E-state index contributed by atoms with van der Waals surface area (Å²) in [6.07, 6.45) is 11.5. The monoisotopic (exact) mass is 1540 g/mol. The first-order valence-corrected chi connectivity index (χ1v) is 35.4. The average molecular weight is 1540 g/mol. The summed E-state index contributed by atoms with van der Waals surface area (Å²) in [6.45, 7) is 9.30. The summed E-state index contributed by atoms with van der Waals surface area (Å²) in [5, 5.41) is 51.2. The molecule has 42 heteroatoms. The molecule has 0 saturated carbocycles. The molecule has 0 spiro atoms. The van der Waals surface area contributed by atoms with Gasteiger partial charge in [-0.3, -0.25) is 125 Å². The molecule has 0 fully saturated rings. The number of amides is 4. The highest BCUT2D eigenvalue weighted by atomic mass is 32.1. The van der Waals surface area contributed by atoms with Crippen LogP contribution in [0.15, 0.2) is 159 Å². The second-order valence-corrected chi connectivity index (χ2v) is 27.3. The van der Waals surface area contributed by atoms with E-state index >= 15 is 0 Å². The van der Waals surface area contributed by atoms with Crippen LogP contribution < -0.4 is 81.5 Å². The fraction of sp³-hybridized carbons (Fsp3) is 0.194. The number of nitrogens with zero attached hydrogens (tertiary/aromatic N) is 7. The molecule has 10 heterocycles. The van der Waals surface area contributed by atoms with Gasteiger partial charge in [0.25, 0.3) is 27.8 Å². The van der Waals surface area contributed by atoms with E-state index in [0.29, 0.717) is 99.7 Å². The van der Waals surface area contributed by atoms with Gasteiger partial charge in [-0.15, -0.1) is 34.0 Å². The lowest BCUT2D eigenvalue weighted by Crippen LogP contribution is -2.21. The number of carbonyl (C=O) groups is 4. The molecule has 0 unspecified atom stereocenters. The minimum Gasteiger partial charge on any atom is -0.366 e. The molecule has 0 aliphatic carbocycles. The Labute approximate surface area is 625 Å². The molecule has 0 aliphatic heterocycles. The predicted octanol–water partition coefficient (Wildman–Crippen LogP) is 7.34. The molecular weight excluding hydrogens is 1470 g/mol. The number of aryl methyl sites for hydroxylation is 5. The number of carbonyl (C=O) groups excluding carboxylic acids is 4. The molecule has 0 radical (unpaired) electrons. The topological polar surface area (TPSA) is 534 Å². The first-order chi connectivity index (χ1) is 52.7. The van der Waals surface area contributed by atoms with Gasteiger partial charge in [-0.05, 0) is 112 Å². The van der Waals surface area contributed by atoms with Crippen LogP contribution in [0.4, 0.5) is 55.5 Å². The van der Waals surface area contributed by atoms with Crippen molar-refractivity contribution < 1.29 is 33.7 Å². The summed E-state index contributed by atoms with van der Waals surface area (Å²) < 4.78 is 3.55. The third-order valence-electron chi connectivity index (χ3n) is 14.9. The van der Waals surface area contributed by atoms with E-state index < -0.39 is 23.6 Å². The number of benzene rings is 5. The van der Waals surface area contributed by atoms with Gasteiger partial charge < -0.3 is 46.4 Å². The molecule has 0 atom stereocenters. The summed E-state index contributed by atoms with van der Waals surface area (Å²) in [5.74, 6) is -0.613. The van der Waals surface area contributed by atoms with Gasteiger partial charge in [0.05, 0.1) is 104 Å². The lowest BCUT2D eigenvalue weighted by atomic mass is 10.2. The normalized spacial score (nSPS) is 10.8. The van der Waals surface area contributed by atoms with Crippen molar-refractivity contribution in [3.8, 4) is 0 Å². The highest BCUT2D eigenvalue weighted by Gasteiger charge is 2.15. The zero-order chi connectivity index (χ0) is 76.8. The van der Waals surface area contributed by atoms with E-state index in [9.17, 15) is 43.2 Å². The lowest BCUT2D eigenvalue weighted by Gasteiger charge is -2.07. The van der Waals surface area contributed by atoms with Crippen LogP contribution in [-0.2, 0) is 47.8 Å². The van der Waals surface area contributed by atoms with Gasteiger partial charge in [0, 0.05) is 90.7 Å². The Morgan fingerprint density at radius 3 is 1.00 bits per heavy atom. The molecule has 0 bridgehead atoms. The van der Waals surface area contributed by atoms with Gasteiger partial charge in [-0.25, -0.2) is 24.9 Å². The number of nitrogens with one attached hydrogen (secondary N) is 20. The standard InChI is InChI=1S/C14H14N6O3.C14H13N5O3S.C13H16N6O2.2C13H15N5O2S/c1-20-6-11(15-7-20)17-13(22)5-12(21)16-8-2-3-9-10(4-8)18-19-14(9)23;1-7-6-15-14(23-7)17-12(21)5-11(20)16-8-2-3-9-10(4-8)18-19-13(9)22;1-19-7-12(15-8-19)14-4-5-21-18-9-2-3-10-11(6-9)16-17-13(10)20;2*1-8-7-15-13(21-8)14-4-5-20-18-9-2-3-10-11(6-9)16-17-12(10)19/h2-4,6-7H,5H2,1H3,(H,16,21)(H,17,22)(H2,18,19,23);2-4,6H,5H2,1H3,(H,16,20)(H,15,17,21)(H2,18,19,22);2-3,6-8,14,18H,4-5H2,1H3,(H2,16,17,20);2*2-3,6-7,18H,4-5H2,1H3,(H,14,15)(H2,16,17,19). The van der Waals surface area contributed by atoms with Crippen LogP contribution >= 0.6 is 34.0 Å². The maximum absolute atomic E-state index is 11.9. The van der Waals surface area contributed by atoms with Crippen LogP contribution in [0.3, 0.4) is 0 Å². The van der Waals surface area contributed by atoms with E-state index in [0.717, 1.165) is 54.6 Å². The molecule has 15 aromatic rings. The zero-order valence-electron chi connectivity index (χ0n) is 58.6. The SMILES string of the molecule is Cc1cnc(NC(=O)CC(=O)Nc2ccc3c(=O)[nH][nH]c3c2)s1.Cc1cnc(NCCONc2ccc3c(=O)[nH][nH]c3c2)s1.Cc1cnc(NCCONc2ccc3c(=O)[nH][nH]c3c2)s1.Cn1cnc(NC(=O)CC(=O)Nc2ccc3c(=O)[nH][nH]c3c2)c1.Cn1cnc(NCCONc2ccc3c(=O)[nH][nH]c3c2)c1.